The van der Waals surface area contributed by atoms with Crippen molar-refractivity contribution in [2.45, 2.75) is 66.0 Å². The number of nitrogens with zero attached hydrogens (tertiary/aromatic N) is 5. The molecule has 1 fully saturated rings. The molecule has 2 N–H and O–H groups in total. The number of aliphatic imine (C=N–C) groups is 1. The van der Waals surface area contributed by atoms with Crippen LogP contribution in [0.15, 0.2) is 35.7 Å². The number of aromatic nitrogens is 3. The smallest absolute Gasteiger partial charge is 0.191 e. The molecular weight excluding hydrogens is 386 g/mol. The molecule has 1 unspecified atom stereocenters. The third-order valence-corrected chi connectivity index (χ3v) is 6.00. The quantitative estimate of drug-likeness (QED) is 0.500. The molecule has 1 atom stereocenters. The van der Waals surface area contributed by atoms with Crippen molar-refractivity contribution >= 4 is 5.96 Å². The maximum atomic E-state index is 4.81. The Morgan fingerprint density at radius 1 is 1.10 bits per heavy atom. The second-order valence-corrected chi connectivity index (χ2v) is 8.71. The number of pyridine rings is 1. The Kier molecular flexibility index (Phi) is 8.88. The van der Waals surface area contributed by atoms with Gasteiger partial charge >= 0.3 is 0 Å². The number of hydrogen-bond acceptors (Lipinski definition) is 4. The van der Waals surface area contributed by atoms with Gasteiger partial charge in [0.25, 0.3) is 0 Å². The van der Waals surface area contributed by atoms with Crippen molar-refractivity contribution in [2.75, 3.05) is 26.2 Å². The van der Waals surface area contributed by atoms with E-state index >= 15 is 0 Å². The zero-order chi connectivity index (χ0) is 22.1. The molecule has 1 aliphatic rings. The van der Waals surface area contributed by atoms with E-state index in [4.69, 9.17) is 4.99 Å². The summed E-state index contributed by atoms with van der Waals surface area (Å²) < 4.78 is 1.98. The second-order valence-electron chi connectivity index (χ2n) is 8.71. The number of likely N-dealkylation sites (tertiary alicyclic amines) is 1. The first kappa shape index (κ1) is 23.3. The minimum atomic E-state index is 0.529. The standard InChI is InChI=1S/C24H39N7/c1-5-25-24(29-18-22(19(2)3)30-13-8-6-7-9-14-30)28-17-21-10-11-23(27-16-21)31-15-12-26-20(31)4/h10-12,15-16,19,22H,5-9,13-14,17-18H2,1-4H3,(H2,25,28,29). The lowest BCUT2D eigenvalue weighted by Crippen LogP contribution is -2.49. The molecule has 7 heteroatoms. The molecule has 3 rings (SSSR count). The Morgan fingerprint density at radius 2 is 1.87 bits per heavy atom. The molecule has 31 heavy (non-hydrogen) atoms. The van der Waals surface area contributed by atoms with Gasteiger partial charge in [-0.05, 0) is 57.3 Å². The number of guanidine groups is 1. The Labute approximate surface area is 187 Å². The Balaban J connectivity index is 1.60. The van der Waals surface area contributed by atoms with E-state index in [0.29, 0.717) is 18.5 Å². The van der Waals surface area contributed by atoms with Gasteiger partial charge in [0.05, 0.1) is 6.54 Å². The highest BCUT2D eigenvalue weighted by Crippen LogP contribution is 2.17. The normalized spacial score (nSPS) is 16.9. The van der Waals surface area contributed by atoms with E-state index in [1.54, 1.807) is 6.20 Å². The lowest BCUT2D eigenvalue weighted by molar-refractivity contribution is 0.161. The molecule has 0 saturated carbocycles. The van der Waals surface area contributed by atoms with Crippen molar-refractivity contribution in [3.05, 3.63) is 42.1 Å². The summed E-state index contributed by atoms with van der Waals surface area (Å²) >= 11 is 0. The van der Waals surface area contributed by atoms with E-state index in [1.165, 1.54) is 38.8 Å². The summed E-state index contributed by atoms with van der Waals surface area (Å²) in [7, 11) is 0. The van der Waals surface area contributed by atoms with Crippen LogP contribution in [0.2, 0.25) is 0 Å². The van der Waals surface area contributed by atoms with Crippen LogP contribution >= 0.6 is 0 Å². The van der Waals surface area contributed by atoms with Gasteiger partial charge in [-0.25, -0.2) is 15.0 Å². The lowest BCUT2D eigenvalue weighted by atomic mass is 10.0. The van der Waals surface area contributed by atoms with E-state index in [1.807, 2.05) is 30.0 Å². The van der Waals surface area contributed by atoms with E-state index in [9.17, 15) is 0 Å². The Morgan fingerprint density at radius 3 is 2.45 bits per heavy atom. The summed E-state index contributed by atoms with van der Waals surface area (Å²) in [6.45, 7) is 13.5. The summed E-state index contributed by atoms with van der Waals surface area (Å²) in [5, 5.41) is 6.99. The van der Waals surface area contributed by atoms with Gasteiger partial charge in [0.1, 0.15) is 11.6 Å². The van der Waals surface area contributed by atoms with Crippen molar-refractivity contribution < 1.29 is 0 Å². The Bertz CT molecular complexity index is 802. The monoisotopic (exact) mass is 425 g/mol. The minimum Gasteiger partial charge on any atom is -0.357 e. The van der Waals surface area contributed by atoms with Gasteiger partial charge in [0.15, 0.2) is 5.96 Å². The SMILES string of the molecule is CCNC(=NCc1ccc(-n2ccnc2C)nc1)NCC(C(C)C)N1CCCCCC1. The van der Waals surface area contributed by atoms with Crippen molar-refractivity contribution in [1.29, 1.82) is 0 Å². The van der Waals surface area contributed by atoms with Crippen LogP contribution in [0.1, 0.15) is 57.8 Å². The largest absolute Gasteiger partial charge is 0.357 e. The molecular formula is C24H39N7. The first-order valence-electron chi connectivity index (χ1n) is 11.8. The van der Waals surface area contributed by atoms with E-state index < -0.39 is 0 Å². The van der Waals surface area contributed by atoms with Crippen molar-refractivity contribution in [2.24, 2.45) is 10.9 Å². The maximum Gasteiger partial charge on any atom is 0.191 e. The fourth-order valence-corrected chi connectivity index (χ4v) is 4.20. The number of rotatable bonds is 8. The van der Waals surface area contributed by atoms with Crippen LogP contribution in [0.3, 0.4) is 0 Å². The molecule has 0 amide bonds. The van der Waals surface area contributed by atoms with Crippen molar-refractivity contribution in [3.63, 3.8) is 0 Å². The van der Waals surface area contributed by atoms with Crippen molar-refractivity contribution in [3.8, 4) is 5.82 Å². The van der Waals surface area contributed by atoms with E-state index in [0.717, 1.165) is 36.3 Å². The molecule has 0 spiro atoms. The summed E-state index contributed by atoms with van der Waals surface area (Å²) in [5.74, 6) is 3.29. The highest BCUT2D eigenvalue weighted by molar-refractivity contribution is 5.79. The number of hydrogen-bond donors (Lipinski definition) is 2. The predicted molar refractivity (Wildman–Crippen MR) is 128 cm³/mol. The van der Waals surface area contributed by atoms with E-state index in [2.05, 4.69) is 52.3 Å². The van der Waals surface area contributed by atoms with Gasteiger partial charge in [-0.1, -0.05) is 32.8 Å². The average molecular weight is 426 g/mol. The molecule has 170 valence electrons. The van der Waals surface area contributed by atoms with Crippen LogP contribution in [0, 0.1) is 12.8 Å². The molecule has 1 saturated heterocycles. The van der Waals surface area contributed by atoms with Gasteiger partial charge in [0, 0.05) is 37.7 Å². The molecule has 0 aliphatic carbocycles. The third kappa shape index (κ3) is 6.79. The highest BCUT2D eigenvalue weighted by atomic mass is 15.2. The van der Waals surface area contributed by atoms with Gasteiger partial charge in [-0.15, -0.1) is 0 Å². The van der Waals surface area contributed by atoms with E-state index in [-0.39, 0.29) is 0 Å². The van der Waals surface area contributed by atoms with Crippen LogP contribution in [0.4, 0.5) is 0 Å². The topological polar surface area (TPSA) is 70.4 Å². The second kappa shape index (κ2) is 11.8. The van der Waals surface area contributed by atoms with Crippen LogP contribution in [0.25, 0.3) is 5.82 Å². The zero-order valence-electron chi connectivity index (χ0n) is 19.6. The van der Waals surface area contributed by atoms with Gasteiger partial charge in [0.2, 0.25) is 0 Å². The van der Waals surface area contributed by atoms with Gasteiger partial charge < -0.3 is 10.6 Å². The first-order chi connectivity index (χ1) is 15.1. The maximum absolute atomic E-state index is 4.81. The average Bonchev–Trinajstić information content (AvgIpc) is 3.02. The number of nitrogens with one attached hydrogen (secondary N) is 2. The fourth-order valence-electron chi connectivity index (χ4n) is 4.20. The summed E-state index contributed by atoms with van der Waals surface area (Å²) in [6.07, 6.45) is 11.0. The predicted octanol–water partition coefficient (Wildman–Crippen LogP) is 3.53. The molecule has 2 aromatic rings. The highest BCUT2D eigenvalue weighted by Gasteiger charge is 2.22. The van der Waals surface area contributed by atoms with Gasteiger partial charge in [-0.3, -0.25) is 9.47 Å². The lowest BCUT2D eigenvalue weighted by Gasteiger charge is -2.34. The molecule has 2 aromatic heterocycles. The van der Waals surface area contributed by atoms with Crippen molar-refractivity contribution in [1.82, 2.24) is 30.1 Å². The molecule has 0 aromatic carbocycles. The third-order valence-electron chi connectivity index (χ3n) is 6.00. The minimum absolute atomic E-state index is 0.529. The molecule has 3 heterocycles. The number of aryl methyl sites for hydroxylation is 1. The Hall–Kier alpha value is -2.41. The van der Waals surface area contributed by atoms with Crippen LogP contribution in [-0.4, -0.2) is 57.6 Å². The van der Waals surface area contributed by atoms with Crippen LogP contribution in [-0.2, 0) is 6.54 Å². The number of imidazole rings is 1. The fraction of sp³-hybridized carbons (Fsp3) is 0.625. The molecule has 0 bridgehead atoms. The molecule has 7 nitrogen and oxygen atoms in total. The summed E-state index contributed by atoms with van der Waals surface area (Å²) in [4.78, 5) is 16.3. The van der Waals surface area contributed by atoms with Crippen LogP contribution in [0.5, 0.6) is 0 Å². The first-order valence-corrected chi connectivity index (χ1v) is 11.8. The molecule has 1 aliphatic heterocycles. The van der Waals surface area contributed by atoms with Gasteiger partial charge in [-0.2, -0.15) is 0 Å². The zero-order valence-corrected chi connectivity index (χ0v) is 19.6. The molecule has 0 radical (unpaired) electrons. The summed E-state index contributed by atoms with van der Waals surface area (Å²) in [5.41, 5.74) is 1.09. The van der Waals surface area contributed by atoms with Crippen LogP contribution < -0.4 is 10.6 Å². The summed E-state index contributed by atoms with van der Waals surface area (Å²) in [6, 6.07) is 4.64.